The van der Waals surface area contributed by atoms with Crippen molar-refractivity contribution in [3.63, 3.8) is 0 Å². The van der Waals surface area contributed by atoms with Crippen LogP contribution in [0.15, 0.2) is 18.2 Å². The van der Waals surface area contributed by atoms with Crippen LogP contribution in [-0.4, -0.2) is 11.5 Å². The first kappa shape index (κ1) is 11.1. The van der Waals surface area contributed by atoms with Crippen LogP contribution in [0.3, 0.4) is 0 Å². The molecule has 0 heterocycles. The number of nitro benzene ring substituents is 1. The van der Waals surface area contributed by atoms with Crippen LogP contribution in [-0.2, 0) is 5.41 Å². The highest BCUT2D eigenvalue weighted by atomic mass is 16.6. The maximum atomic E-state index is 10.7. The Hall–Kier alpha value is -1.42. The second-order valence-corrected chi connectivity index (χ2v) is 4.58. The molecule has 0 aliphatic heterocycles. The molecule has 0 unspecified atom stereocenters. The molecule has 0 aromatic heterocycles. The summed E-state index contributed by atoms with van der Waals surface area (Å²) >= 11 is 0. The van der Waals surface area contributed by atoms with Gasteiger partial charge in [0.2, 0.25) is 0 Å². The molecule has 16 heavy (non-hydrogen) atoms. The summed E-state index contributed by atoms with van der Waals surface area (Å²) in [7, 11) is 0. The molecule has 1 aliphatic carbocycles. The molecule has 0 atom stereocenters. The molecular weight excluding hydrogens is 204 g/mol. The molecule has 0 saturated heterocycles. The Balaban J connectivity index is 2.31. The third kappa shape index (κ3) is 1.80. The van der Waals surface area contributed by atoms with Crippen molar-refractivity contribution in [3.05, 3.63) is 39.4 Å². The Kier molecular flexibility index (Phi) is 2.68. The summed E-state index contributed by atoms with van der Waals surface area (Å²) in [5, 5.41) is 10.7. The lowest BCUT2D eigenvalue weighted by Gasteiger charge is -2.14. The van der Waals surface area contributed by atoms with E-state index in [0.717, 1.165) is 24.8 Å². The second kappa shape index (κ2) is 3.87. The summed E-state index contributed by atoms with van der Waals surface area (Å²) in [5.74, 6) is 0. The van der Waals surface area contributed by atoms with E-state index in [1.54, 1.807) is 13.0 Å². The number of hydrogen-bond acceptors (Lipinski definition) is 3. The molecule has 1 fully saturated rings. The van der Waals surface area contributed by atoms with Crippen molar-refractivity contribution >= 4 is 5.69 Å². The Morgan fingerprint density at radius 1 is 1.50 bits per heavy atom. The van der Waals surface area contributed by atoms with Crippen LogP contribution in [0.5, 0.6) is 0 Å². The maximum absolute atomic E-state index is 10.7. The lowest BCUT2D eigenvalue weighted by Crippen LogP contribution is -2.13. The Labute approximate surface area is 94.6 Å². The zero-order valence-corrected chi connectivity index (χ0v) is 9.40. The van der Waals surface area contributed by atoms with Gasteiger partial charge in [-0.2, -0.15) is 0 Å². The predicted molar refractivity (Wildman–Crippen MR) is 62.4 cm³/mol. The lowest BCUT2D eigenvalue weighted by molar-refractivity contribution is -0.385. The summed E-state index contributed by atoms with van der Waals surface area (Å²) in [6.07, 6.45) is 3.28. The standard InChI is InChI=1S/C12H16N2O2/c1-9-8-10(2-3-11(9)14(15)16)12(4-5-12)6-7-13/h2-3,8H,4-7,13H2,1H3. The smallest absolute Gasteiger partial charge is 0.272 e. The van der Waals surface area contributed by atoms with Gasteiger partial charge in [-0.25, -0.2) is 0 Å². The number of hydrogen-bond donors (Lipinski definition) is 1. The Morgan fingerprint density at radius 3 is 2.62 bits per heavy atom. The van der Waals surface area contributed by atoms with Crippen molar-refractivity contribution in [1.29, 1.82) is 0 Å². The van der Waals surface area contributed by atoms with Crippen LogP contribution >= 0.6 is 0 Å². The fourth-order valence-electron chi connectivity index (χ4n) is 2.30. The minimum atomic E-state index is -0.332. The first-order valence-electron chi connectivity index (χ1n) is 5.55. The quantitative estimate of drug-likeness (QED) is 0.625. The van der Waals surface area contributed by atoms with E-state index in [2.05, 4.69) is 0 Å². The average Bonchev–Trinajstić information content (AvgIpc) is 2.99. The van der Waals surface area contributed by atoms with Crippen molar-refractivity contribution < 1.29 is 4.92 Å². The number of nitrogens with zero attached hydrogens (tertiary/aromatic N) is 1. The molecule has 2 N–H and O–H groups in total. The van der Waals surface area contributed by atoms with Crippen LogP contribution in [0, 0.1) is 17.0 Å². The minimum Gasteiger partial charge on any atom is -0.330 e. The van der Waals surface area contributed by atoms with Gasteiger partial charge in [0.25, 0.3) is 5.69 Å². The van der Waals surface area contributed by atoms with Crippen LogP contribution < -0.4 is 5.73 Å². The monoisotopic (exact) mass is 220 g/mol. The summed E-state index contributed by atoms with van der Waals surface area (Å²) in [6.45, 7) is 2.47. The van der Waals surface area contributed by atoms with E-state index in [1.807, 2.05) is 12.1 Å². The van der Waals surface area contributed by atoms with E-state index in [9.17, 15) is 10.1 Å². The number of nitro groups is 1. The highest BCUT2D eigenvalue weighted by Crippen LogP contribution is 2.51. The predicted octanol–water partition coefficient (Wildman–Crippen LogP) is 2.28. The third-order valence-electron chi connectivity index (χ3n) is 3.48. The van der Waals surface area contributed by atoms with Gasteiger partial charge in [-0.15, -0.1) is 0 Å². The molecular formula is C12H16N2O2. The third-order valence-corrected chi connectivity index (χ3v) is 3.48. The Bertz CT molecular complexity index is 425. The molecule has 2 rings (SSSR count). The van der Waals surface area contributed by atoms with Crippen LogP contribution in [0.2, 0.25) is 0 Å². The maximum Gasteiger partial charge on any atom is 0.272 e. The molecule has 0 spiro atoms. The molecule has 4 heteroatoms. The van der Waals surface area contributed by atoms with E-state index in [4.69, 9.17) is 5.73 Å². The zero-order valence-electron chi connectivity index (χ0n) is 9.40. The zero-order chi connectivity index (χ0) is 11.8. The molecule has 0 amide bonds. The van der Waals surface area contributed by atoms with Gasteiger partial charge < -0.3 is 5.73 Å². The topological polar surface area (TPSA) is 69.2 Å². The van der Waals surface area contributed by atoms with Crippen molar-refractivity contribution in [2.24, 2.45) is 5.73 Å². The van der Waals surface area contributed by atoms with Crippen LogP contribution in [0.4, 0.5) is 5.69 Å². The van der Waals surface area contributed by atoms with Gasteiger partial charge in [0.1, 0.15) is 0 Å². The van der Waals surface area contributed by atoms with E-state index in [0.29, 0.717) is 6.54 Å². The van der Waals surface area contributed by atoms with Crippen molar-refractivity contribution in [2.45, 2.75) is 31.6 Å². The van der Waals surface area contributed by atoms with E-state index < -0.39 is 0 Å². The largest absolute Gasteiger partial charge is 0.330 e. The molecule has 4 nitrogen and oxygen atoms in total. The van der Waals surface area contributed by atoms with Crippen molar-refractivity contribution in [1.82, 2.24) is 0 Å². The van der Waals surface area contributed by atoms with E-state index >= 15 is 0 Å². The highest BCUT2D eigenvalue weighted by Gasteiger charge is 2.43. The van der Waals surface area contributed by atoms with Crippen LogP contribution in [0.25, 0.3) is 0 Å². The van der Waals surface area contributed by atoms with Crippen molar-refractivity contribution in [3.8, 4) is 0 Å². The molecule has 1 aliphatic rings. The van der Waals surface area contributed by atoms with E-state index in [1.165, 1.54) is 5.56 Å². The fourth-order valence-corrected chi connectivity index (χ4v) is 2.30. The SMILES string of the molecule is Cc1cc(C2(CCN)CC2)ccc1[N+](=O)[O-]. The molecule has 1 saturated carbocycles. The summed E-state index contributed by atoms with van der Waals surface area (Å²) < 4.78 is 0. The van der Waals surface area contributed by atoms with Gasteiger partial charge in [0.05, 0.1) is 4.92 Å². The number of benzene rings is 1. The summed E-state index contributed by atoms with van der Waals surface area (Å²) in [6, 6.07) is 5.44. The van der Waals surface area contributed by atoms with Crippen LogP contribution in [0.1, 0.15) is 30.4 Å². The molecule has 0 bridgehead atoms. The molecule has 86 valence electrons. The van der Waals surface area contributed by atoms with Crippen molar-refractivity contribution in [2.75, 3.05) is 6.54 Å². The summed E-state index contributed by atoms with van der Waals surface area (Å²) in [5.41, 5.74) is 7.97. The van der Waals surface area contributed by atoms with Gasteiger partial charge in [-0.05, 0) is 49.8 Å². The van der Waals surface area contributed by atoms with Gasteiger partial charge in [0.15, 0.2) is 0 Å². The number of aryl methyl sites for hydroxylation is 1. The highest BCUT2D eigenvalue weighted by molar-refractivity contribution is 5.45. The van der Waals surface area contributed by atoms with Gasteiger partial charge >= 0.3 is 0 Å². The first-order valence-corrected chi connectivity index (χ1v) is 5.55. The fraction of sp³-hybridized carbons (Fsp3) is 0.500. The molecule has 0 radical (unpaired) electrons. The molecule has 1 aromatic carbocycles. The summed E-state index contributed by atoms with van der Waals surface area (Å²) in [4.78, 5) is 10.4. The Morgan fingerprint density at radius 2 is 2.19 bits per heavy atom. The minimum absolute atomic E-state index is 0.201. The second-order valence-electron chi connectivity index (χ2n) is 4.58. The first-order chi connectivity index (χ1) is 7.59. The van der Waals surface area contributed by atoms with Gasteiger partial charge in [-0.3, -0.25) is 10.1 Å². The molecule has 1 aromatic rings. The lowest BCUT2D eigenvalue weighted by atomic mass is 9.91. The van der Waals surface area contributed by atoms with Gasteiger partial charge in [0, 0.05) is 11.6 Å². The number of rotatable bonds is 4. The van der Waals surface area contributed by atoms with E-state index in [-0.39, 0.29) is 16.0 Å². The normalized spacial score (nSPS) is 17.1. The average molecular weight is 220 g/mol. The van der Waals surface area contributed by atoms with Gasteiger partial charge in [-0.1, -0.05) is 6.07 Å². The number of nitrogens with two attached hydrogens (primary N) is 1.